The van der Waals surface area contributed by atoms with E-state index in [9.17, 15) is 9.90 Å². The van der Waals surface area contributed by atoms with Crippen molar-refractivity contribution in [1.29, 1.82) is 0 Å². The van der Waals surface area contributed by atoms with Crippen molar-refractivity contribution in [2.75, 3.05) is 6.61 Å². The summed E-state index contributed by atoms with van der Waals surface area (Å²) in [7, 11) is 0. The van der Waals surface area contributed by atoms with Gasteiger partial charge >= 0.3 is 5.97 Å². The van der Waals surface area contributed by atoms with Crippen LogP contribution in [-0.4, -0.2) is 46.2 Å². The van der Waals surface area contributed by atoms with Crippen LogP contribution in [0, 0.1) is 0 Å². The molecule has 1 rings (SSSR count). The Balaban J connectivity index is 2.45. The maximum absolute atomic E-state index is 10.8. The Morgan fingerprint density at radius 1 is 1.54 bits per heavy atom. The maximum atomic E-state index is 10.8. The van der Waals surface area contributed by atoms with Gasteiger partial charge in [0.05, 0.1) is 6.61 Å². The summed E-state index contributed by atoms with van der Waals surface area (Å²) in [5.41, 5.74) is 0. The Morgan fingerprint density at radius 3 is 2.77 bits per heavy atom. The molecule has 3 unspecified atom stereocenters. The van der Waals surface area contributed by atoms with Crippen molar-refractivity contribution < 1.29 is 24.9 Å². The Kier molecular flexibility index (Phi) is 3.65. The minimum atomic E-state index is -1.24. The Bertz CT molecular complexity index is 181. The first kappa shape index (κ1) is 10.4. The van der Waals surface area contributed by atoms with Crippen molar-refractivity contribution in [1.82, 2.24) is 0 Å². The van der Waals surface area contributed by atoms with Crippen LogP contribution in [0.2, 0.25) is 0 Å². The number of aliphatic hydroxyl groups excluding tert-OH is 3. The van der Waals surface area contributed by atoms with Crippen LogP contribution >= 0.6 is 0 Å². The molecule has 0 radical (unpaired) electrons. The van der Waals surface area contributed by atoms with Gasteiger partial charge in [-0.1, -0.05) is 0 Å². The lowest BCUT2D eigenvalue weighted by molar-refractivity contribution is -0.167. The molecule has 0 saturated carbocycles. The van der Waals surface area contributed by atoms with E-state index in [1.807, 2.05) is 0 Å². The van der Waals surface area contributed by atoms with Crippen molar-refractivity contribution >= 4 is 5.97 Å². The summed E-state index contributed by atoms with van der Waals surface area (Å²) in [6, 6.07) is 0. The number of carbonyl (C=O) groups excluding carboxylic acids is 1. The first-order chi connectivity index (χ1) is 6.15. The molecule has 1 aliphatic heterocycles. The standard InChI is InChI=1S/C8H14O5/c9-4-5(10)8(12)6-2-1-3-7(11)13-6/h5-6,8-10,12H,1-4H2. The molecule has 0 aromatic carbocycles. The number of aliphatic hydroxyl groups is 3. The molecule has 76 valence electrons. The molecule has 1 saturated heterocycles. The van der Waals surface area contributed by atoms with Gasteiger partial charge in [-0.3, -0.25) is 4.79 Å². The first-order valence-corrected chi connectivity index (χ1v) is 4.31. The van der Waals surface area contributed by atoms with Gasteiger partial charge in [0, 0.05) is 6.42 Å². The van der Waals surface area contributed by atoms with Gasteiger partial charge in [0.2, 0.25) is 0 Å². The highest BCUT2D eigenvalue weighted by Crippen LogP contribution is 2.18. The molecule has 0 amide bonds. The lowest BCUT2D eigenvalue weighted by Gasteiger charge is -2.28. The van der Waals surface area contributed by atoms with Gasteiger partial charge < -0.3 is 20.1 Å². The number of hydrogen-bond acceptors (Lipinski definition) is 5. The quantitative estimate of drug-likeness (QED) is 0.486. The summed E-state index contributed by atoms with van der Waals surface area (Å²) < 4.78 is 4.81. The van der Waals surface area contributed by atoms with Gasteiger partial charge in [0.1, 0.15) is 18.3 Å². The largest absolute Gasteiger partial charge is 0.459 e. The second kappa shape index (κ2) is 4.55. The van der Waals surface area contributed by atoms with Gasteiger partial charge in [-0.05, 0) is 12.8 Å². The number of ether oxygens (including phenoxy) is 1. The number of rotatable bonds is 3. The monoisotopic (exact) mass is 190 g/mol. The highest BCUT2D eigenvalue weighted by atomic mass is 16.6. The maximum Gasteiger partial charge on any atom is 0.306 e. The van der Waals surface area contributed by atoms with E-state index in [0.717, 1.165) is 0 Å². The molecule has 1 heterocycles. The summed E-state index contributed by atoms with van der Waals surface area (Å²) in [5, 5.41) is 27.0. The molecule has 0 spiro atoms. The molecule has 0 aromatic heterocycles. The van der Waals surface area contributed by atoms with Gasteiger partial charge in [-0.25, -0.2) is 0 Å². The van der Waals surface area contributed by atoms with Crippen molar-refractivity contribution in [3.63, 3.8) is 0 Å². The second-order valence-electron chi connectivity index (χ2n) is 3.16. The van der Waals surface area contributed by atoms with E-state index in [1.54, 1.807) is 0 Å². The third kappa shape index (κ3) is 2.65. The fourth-order valence-electron chi connectivity index (χ4n) is 1.33. The molecule has 5 heteroatoms. The van der Waals surface area contributed by atoms with Crippen LogP contribution in [0.3, 0.4) is 0 Å². The molecule has 13 heavy (non-hydrogen) atoms. The predicted molar refractivity (Wildman–Crippen MR) is 42.8 cm³/mol. The lowest BCUT2D eigenvalue weighted by Crippen LogP contribution is -2.43. The minimum Gasteiger partial charge on any atom is -0.459 e. The molecule has 1 fully saturated rings. The van der Waals surface area contributed by atoms with Gasteiger partial charge in [0.25, 0.3) is 0 Å². The Morgan fingerprint density at radius 2 is 2.23 bits per heavy atom. The summed E-state index contributed by atoms with van der Waals surface area (Å²) in [6.45, 7) is -0.533. The number of cyclic esters (lactones) is 1. The molecule has 3 N–H and O–H groups in total. The average Bonchev–Trinajstić information content (AvgIpc) is 2.15. The molecular formula is C8H14O5. The van der Waals surface area contributed by atoms with E-state index in [0.29, 0.717) is 19.3 Å². The van der Waals surface area contributed by atoms with E-state index in [-0.39, 0.29) is 5.97 Å². The van der Waals surface area contributed by atoms with Crippen LogP contribution in [0.15, 0.2) is 0 Å². The summed E-state index contributed by atoms with van der Waals surface area (Å²) in [5.74, 6) is -0.361. The van der Waals surface area contributed by atoms with Crippen LogP contribution in [0.5, 0.6) is 0 Å². The first-order valence-electron chi connectivity index (χ1n) is 4.31. The molecule has 5 nitrogen and oxygen atoms in total. The smallest absolute Gasteiger partial charge is 0.306 e. The van der Waals surface area contributed by atoms with Crippen LogP contribution in [0.1, 0.15) is 19.3 Å². The van der Waals surface area contributed by atoms with Crippen LogP contribution < -0.4 is 0 Å². The Hall–Kier alpha value is -0.650. The zero-order chi connectivity index (χ0) is 9.84. The fourth-order valence-corrected chi connectivity index (χ4v) is 1.33. The average molecular weight is 190 g/mol. The zero-order valence-electron chi connectivity index (χ0n) is 7.22. The van der Waals surface area contributed by atoms with E-state index >= 15 is 0 Å². The van der Waals surface area contributed by atoms with Crippen molar-refractivity contribution in [3.8, 4) is 0 Å². The lowest BCUT2D eigenvalue weighted by atomic mass is 10.0. The predicted octanol–water partition coefficient (Wildman–Crippen LogP) is -1.20. The summed E-state index contributed by atoms with van der Waals surface area (Å²) in [4.78, 5) is 10.8. The van der Waals surface area contributed by atoms with Crippen LogP contribution in [0.25, 0.3) is 0 Å². The highest BCUT2D eigenvalue weighted by Gasteiger charge is 2.31. The molecule has 0 bridgehead atoms. The summed E-state index contributed by atoms with van der Waals surface area (Å²) in [6.07, 6.45) is -1.56. The molecule has 1 aliphatic rings. The molecule has 0 aromatic rings. The number of esters is 1. The SMILES string of the molecule is O=C1CCCC(C(O)C(O)CO)O1. The number of carbonyl (C=O) groups is 1. The molecule has 0 aliphatic carbocycles. The van der Waals surface area contributed by atoms with Crippen LogP contribution in [-0.2, 0) is 9.53 Å². The van der Waals surface area contributed by atoms with E-state index < -0.39 is 24.9 Å². The zero-order valence-corrected chi connectivity index (χ0v) is 7.22. The molecule has 3 atom stereocenters. The van der Waals surface area contributed by atoms with Crippen molar-refractivity contribution in [2.45, 2.75) is 37.6 Å². The van der Waals surface area contributed by atoms with E-state index in [2.05, 4.69) is 0 Å². The highest BCUT2D eigenvalue weighted by molar-refractivity contribution is 5.70. The van der Waals surface area contributed by atoms with Crippen molar-refractivity contribution in [3.05, 3.63) is 0 Å². The van der Waals surface area contributed by atoms with Crippen LogP contribution in [0.4, 0.5) is 0 Å². The third-order valence-corrected chi connectivity index (χ3v) is 2.11. The minimum absolute atomic E-state index is 0.360. The summed E-state index contributed by atoms with van der Waals surface area (Å²) >= 11 is 0. The number of hydrogen-bond donors (Lipinski definition) is 3. The fraction of sp³-hybridized carbons (Fsp3) is 0.875. The molecular weight excluding hydrogens is 176 g/mol. The second-order valence-corrected chi connectivity index (χ2v) is 3.16. The van der Waals surface area contributed by atoms with Gasteiger partial charge in [-0.2, -0.15) is 0 Å². The van der Waals surface area contributed by atoms with E-state index in [1.165, 1.54) is 0 Å². The van der Waals surface area contributed by atoms with Crippen molar-refractivity contribution in [2.24, 2.45) is 0 Å². The van der Waals surface area contributed by atoms with Gasteiger partial charge in [-0.15, -0.1) is 0 Å². The normalized spacial score (nSPS) is 27.9. The van der Waals surface area contributed by atoms with E-state index in [4.69, 9.17) is 14.9 Å². The topological polar surface area (TPSA) is 87.0 Å². The van der Waals surface area contributed by atoms with Gasteiger partial charge in [0.15, 0.2) is 0 Å². The Labute approximate surface area is 75.9 Å². The third-order valence-electron chi connectivity index (χ3n) is 2.11.